The van der Waals surface area contributed by atoms with E-state index < -0.39 is 5.79 Å². The van der Waals surface area contributed by atoms with Crippen molar-refractivity contribution in [2.45, 2.75) is 38.8 Å². The van der Waals surface area contributed by atoms with Crippen LogP contribution >= 0.6 is 0 Å². The van der Waals surface area contributed by atoms with Crippen molar-refractivity contribution in [1.29, 1.82) is 0 Å². The van der Waals surface area contributed by atoms with Gasteiger partial charge in [-0.1, -0.05) is 6.92 Å². The summed E-state index contributed by atoms with van der Waals surface area (Å²) in [5, 5.41) is 0. The maximum atomic E-state index is 5.68. The van der Waals surface area contributed by atoms with E-state index in [1.807, 2.05) is 13.8 Å². The third-order valence-corrected chi connectivity index (χ3v) is 2.51. The summed E-state index contributed by atoms with van der Waals surface area (Å²) in [6, 6.07) is 0. The minimum atomic E-state index is -0.413. The van der Waals surface area contributed by atoms with Crippen molar-refractivity contribution in [1.82, 2.24) is 0 Å². The molecule has 3 atom stereocenters. The molecule has 0 aromatic carbocycles. The summed E-state index contributed by atoms with van der Waals surface area (Å²) < 4.78 is 16.5. The van der Waals surface area contributed by atoms with Gasteiger partial charge in [-0.05, 0) is 13.8 Å². The lowest BCUT2D eigenvalue weighted by molar-refractivity contribution is -0.197. The molecule has 3 nitrogen and oxygen atoms in total. The Morgan fingerprint density at radius 3 is 2.33 bits per heavy atom. The number of hydrogen-bond donors (Lipinski definition) is 0. The predicted molar refractivity (Wildman–Crippen MR) is 43.8 cm³/mol. The van der Waals surface area contributed by atoms with Crippen LogP contribution in [0.4, 0.5) is 0 Å². The van der Waals surface area contributed by atoms with Crippen molar-refractivity contribution in [3.05, 3.63) is 0 Å². The lowest BCUT2D eigenvalue weighted by Crippen LogP contribution is -2.47. The van der Waals surface area contributed by atoms with Crippen molar-refractivity contribution < 1.29 is 14.2 Å². The molecule has 2 heterocycles. The van der Waals surface area contributed by atoms with Gasteiger partial charge in [0.25, 0.3) is 0 Å². The molecule has 0 radical (unpaired) electrons. The van der Waals surface area contributed by atoms with Crippen LogP contribution in [-0.4, -0.2) is 31.2 Å². The minimum absolute atomic E-state index is 0.142. The van der Waals surface area contributed by atoms with Crippen molar-refractivity contribution in [3.63, 3.8) is 0 Å². The van der Waals surface area contributed by atoms with Crippen LogP contribution in [0.3, 0.4) is 0 Å². The van der Waals surface area contributed by atoms with Crippen molar-refractivity contribution in [3.8, 4) is 0 Å². The second-order valence-electron chi connectivity index (χ2n) is 4.14. The molecule has 0 aromatic rings. The SMILES string of the molecule is C[C@@H]1CO[C@@H]1[C@H]1COC(C)(C)O1. The maximum Gasteiger partial charge on any atom is 0.163 e. The molecule has 0 aromatic heterocycles. The first kappa shape index (κ1) is 8.48. The molecule has 0 amide bonds. The van der Waals surface area contributed by atoms with Crippen LogP contribution in [0.1, 0.15) is 20.8 Å². The summed E-state index contributed by atoms with van der Waals surface area (Å²) in [4.78, 5) is 0. The zero-order valence-corrected chi connectivity index (χ0v) is 7.87. The molecular formula is C9H16O3. The lowest BCUT2D eigenvalue weighted by atomic mass is 9.96. The summed E-state index contributed by atoms with van der Waals surface area (Å²) in [6.07, 6.45) is 0.399. The molecule has 2 aliphatic rings. The Balaban J connectivity index is 1.91. The molecular weight excluding hydrogens is 156 g/mol. The standard InChI is InChI=1S/C9H16O3/c1-6-4-10-8(6)7-5-11-9(2,3)12-7/h6-8H,4-5H2,1-3H3/t6-,7-,8+/m1/s1. The lowest BCUT2D eigenvalue weighted by Gasteiger charge is -2.37. The van der Waals surface area contributed by atoms with Gasteiger partial charge in [-0.3, -0.25) is 0 Å². The number of ether oxygens (including phenoxy) is 3. The zero-order chi connectivity index (χ0) is 8.77. The van der Waals surface area contributed by atoms with E-state index in [1.165, 1.54) is 0 Å². The van der Waals surface area contributed by atoms with Gasteiger partial charge in [0.15, 0.2) is 5.79 Å². The van der Waals surface area contributed by atoms with Gasteiger partial charge in [0.2, 0.25) is 0 Å². The highest BCUT2D eigenvalue weighted by Gasteiger charge is 2.43. The Hall–Kier alpha value is -0.120. The number of rotatable bonds is 1. The van der Waals surface area contributed by atoms with Crippen LogP contribution in [0.25, 0.3) is 0 Å². The molecule has 0 spiro atoms. The fourth-order valence-electron chi connectivity index (χ4n) is 1.75. The maximum absolute atomic E-state index is 5.68. The first-order valence-electron chi connectivity index (χ1n) is 4.52. The molecule has 0 saturated carbocycles. The Kier molecular flexibility index (Phi) is 1.90. The molecule has 2 rings (SSSR count). The van der Waals surface area contributed by atoms with E-state index in [-0.39, 0.29) is 12.2 Å². The predicted octanol–water partition coefficient (Wildman–Crippen LogP) is 1.17. The average Bonchev–Trinajstić information content (AvgIpc) is 2.27. The van der Waals surface area contributed by atoms with Crippen molar-refractivity contribution in [2.24, 2.45) is 5.92 Å². The molecule has 2 aliphatic heterocycles. The van der Waals surface area contributed by atoms with Crippen LogP contribution in [0.15, 0.2) is 0 Å². The van der Waals surface area contributed by atoms with E-state index in [1.54, 1.807) is 0 Å². The van der Waals surface area contributed by atoms with Gasteiger partial charge in [0.1, 0.15) is 6.10 Å². The van der Waals surface area contributed by atoms with Crippen LogP contribution in [0, 0.1) is 5.92 Å². The largest absolute Gasteiger partial charge is 0.375 e. The Bertz CT molecular complexity index is 179. The van der Waals surface area contributed by atoms with Gasteiger partial charge >= 0.3 is 0 Å². The Morgan fingerprint density at radius 1 is 1.25 bits per heavy atom. The Morgan fingerprint density at radius 2 is 2.00 bits per heavy atom. The quantitative estimate of drug-likeness (QED) is 0.594. The molecule has 70 valence electrons. The second-order valence-corrected chi connectivity index (χ2v) is 4.14. The first-order chi connectivity index (χ1) is 5.58. The van der Waals surface area contributed by atoms with E-state index in [0.29, 0.717) is 12.5 Å². The van der Waals surface area contributed by atoms with Crippen molar-refractivity contribution >= 4 is 0 Å². The van der Waals surface area contributed by atoms with Gasteiger partial charge in [0, 0.05) is 5.92 Å². The van der Waals surface area contributed by atoms with Crippen molar-refractivity contribution in [2.75, 3.05) is 13.2 Å². The highest BCUT2D eigenvalue weighted by Crippen LogP contribution is 2.32. The van der Waals surface area contributed by atoms with Crippen LogP contribution in [0.2, 0.25) is 0 Å². The molecule has 0 aliphatic carbocycles. The summed E-state index contributed by atoms with van der Waals surface area (Å²) in [5.41, 5.74) is 0. The van der Waals surface area contributed by atoms with E-state index in [0.717, 1.165) is 6.61 Å². The first-order valence-corrected chi connectivity index (χ1v) is 4.52. The summed E-state index contributed by atoms with van der Waals surface area (Å²) >= 11 is 0. The van der Waals surface area contributed by atoms with Gasteiger partial charge in [-0.25, -0.2) is 0 Å². The molecule has 12 heavy (non-hydrogen) atoms. The number of hydrogen-bond acceptors (Lipinski definition) is 3. The summed E-state index contributed by atoms with van der Waals surface area (Å²) in [7, 11) is 0. The van der Waals surface area contributed by atoms with Crippen LogP contribution in [0.5, 0.6) is 0 Å². The third-order valence-electron chi connectivity index (χ3n) is 2.51. The van der Waals surface area contributed by atoms with Gasteiger partial charge < -0.3 is 14.2 Å². The van der Waals surface area contributed by atoms with E-state index in [9.17, 15) is 0 Å². The average molecular weight is 172 g/mol. The highest BCUT2D eigenvalue weighted by atomic mass is 16.8. The topological polar surface area (TPSA) is 27.7 Å². The van der Waals surface area contributed by atoms with E-state index >= 15 is 0 Å². The zero-order valence-electron chi connectivity index (χ0n) is 7.87. The molecule has 2 saturated heterocycles. The highest BCUT2D eigenvalue weighted by molar-refractivity contribution is 4.86. The molecule has 3 heteroatoms. The molecule has 0 unspecified atom stereocenters. The molecule has 0 N–H and O–H groups in total. The minimum Gasteiger partial charge on any atom is -0.375 e. The summed E-state index contributed by atoms with van der Waals surface area (Å²) in [6.45, 7) is 7.60. The smallest absolute Gasteiger partial charge is 0.163 e. The fourth-order valence-corrected chi connectivity index (χ4v) is 1.75. The molecule has 0 bridgehead atoms. The van der Waals surface area contributed by atoms with Gasteiger partial charge in [0.05, 0.1) is 19.3 Å². The van der Waals surface area contributed by atoms with Gasteiger partial charge in [-0.15, -0.1) is 0 Å². The normalized spacial score (nSPS) is 45.8. The monoisotopic (exact) mass is 172 g/mol. The third kappa shape index (κ3) is 1.37. The Labute approximate surface area is 73.0 Å². The summed E-state index contributed by atoms with van der Waals surface area (Å²) in [5.74, 6) is 0.205. The van der Waals surface area contributed by atoms with E-state index in [4.69, 9.17) is 14.2 Å². The van der Waals surface area contributed by atoms with Crippen LogP contribution < -0.4 is 0 Å². The van der Waals surface area contributed by atoms with Gasteiger partial charge in [-0.2, -0.15) is 0 Å². The van der Waals surface area contributed by atoms with E-state index in [2.05, 4.69) is 6.92 Å². The molecule has 2 fully saturated rings. The second kappa shape index (κ2) is 2.69. The fraction of sp³-hybridized carbons (Fsp3) is 1.00. The van der Waals surface area contributed by atoms with Crippen LogP contribution in [-0.2, 0) is 14.2 Å².